The van der Waals surface area contributed by atoms with Gasteiger partial charge in [-0.1, -0.05) is 23.7 Å². The smallest absolute Gasteiger partial charge is 0.303 e. The summed E-state index contributed by atoms with van der Waals surface area (Å²) in [5.74, 6) is 0.555. The molecule has 48 heavy (non-hydrogen) atoms. The molecule has 0 spiro atoms. The van der Waals surface area contributed by atoms with Crippen molar-refractivity contribution in [1.29, 1.82) is 0 Å². The summed E-state index contributed by atoms with van der Waals surface area (Å²) in [6.07, 6.45) is 6.75. The van der Waals surface area contributed by atoms with Crippen LogP contribution in [0.4, 0.5) is 34.5 Å². The van der Waals surface area contributed by atoms with Gasteiger partial charge in [-0.05, 0) is 56.5 Å². The highest BCUT2D eigenvalue weighted by atomic mass is 35.5. The molecule has 0 bridgehead atoms. The summed E-state index contributed by atoms with van der Waals surface area (Å²) in [5.41, 5.74) is 2.76. The zero-order valence-electron chi connectivity index (χ0n) is 27.7. The number of anilines is 6. The van der Waals surface area contributed by atoms with Gasteiger partial charge in [0.05, 0.1) is 36.6 Å². The Labute approximate surface area is 287 Å². The van der Waals surface area contributed by atoms with Crippen LogP contribution in [-0.2, 0) is 14.8 Å². The SMILES string of the molecule is COc1cc(N2CCC(N3CCN(CCCCC(=O)O)CC3)CC2)ccc1Nc1ncc(Cl)c(Nc2ccccc2N(C)S(C)(=O)=O)n1. The van der Waals surface area contributed by atoms with E-state index in [-0.39, 0.29) is 11.4 Å². The van der Waals surface area contributed by atoms with Gasteiger partial charge < -0.3 is 30.3 Å². The van der Waals surface area contributed by atoms with Gasteiger partial charge in [0, 0.05) is 70.5 Å². The van der Waals surface area contributed by atoms with Crippen molar-refractivity contribution in [2.24, 2.45) is 0 Å². The molecule has 2 saturated heterocycles. The predicted octanol–water partition coefficient (Wildman–Crippen LogP) is 4.86. The van der Waals surface area contributed by atoms with Crippen LogP contribution in [0.5, 0.6) is 5.75 Å². The number of piperidine rings is 1. The Bertz CT molecular complexity index is 1660. The fraction of sp³-hybridized carbons (Fsp3) is 0.485. The van der Waals surface area contributed by atoms with Crippen molar-refractivity contribution in [3.8, 4) is 5.75 Å². The highest BCUT2D eigenvalue weighted by molar-refractivity contribution is 7.92. The summed E-state index contributed by atoms with van der Waals surface area (Å²) >= 11 is 6.44. The molecule has 0 atom stereocenters. The monoisotopic (exact) mass is 700 g/mol. The van der Waals surface area contributed by atoms with Crippen molar-refractivity contribution in [1.82, 2.24) is 19.8 Å². The maximum Gasteiger partial charge on any atom is 0.303 e. The minimum absolute atomic E-state index is 0.255. The highest BCUT2D eigenvalue weighted by Gasteiger charge is 2.28. The number of hydrogen-bond donors (Lipinski definition) is 3. The number of carbonyl (C=O) groups is 1. The summed E-state index contributed by atoms with van der Waals surface area (Å²) in [4.78, 5) is 27.1. The molecule has 0 radical (unpaired) electrons. The quantitative estimate of drug-likeness (QED) is 0.198. The number of ether oxygens (including phenoxy) is 1. The summed E-state index contributed by atoms with van der Waals surface area (Å²) in [7, 11) is -0.363. The molecule has 260 valence electrons. The minimum atomic E-state index is -3.48. The molecule has 13 nitrogen and oxygen atoms in total. The number of benzene rings is 2. The van der Waals surface area contributed by atoms with Gasteiger partial charge in [-0.2, -0.15) is 4.98 Å². The molecule has 5 rings (SSSR count). The minimum Gasteiger partial charge on any atom is -0.494 e. The number of sulfonamides is 1. The Morgan fingerprint density at radius 3 is 2.46 bits per heavy atom. The molecule has 3 heterocycles. The fourth-order valence-corrected chi connectivity index (χ4v) is 6.88. The van der Waals surface area contributed by atoms with Crippen LogP contribution in [0.25, 0.3) is 0 Å². The Hall–Kier alpha value is -3.85. The number of carboxylic acid groups (broad SMARTS) is 1. The van der Waals surface area contributed by atoms with Crippen LogP contribution in [0.15, 0.2) is 48.7 Å². The van der Waals surface area contributed by atoms with Crippen LogP contribution >= 0.6 is 11.6 Å². The molecular formula is C33H45ClN8O5S. The molecule has 2 fully saturated rings. The van der Waals surface area contributed by atoms with Gasteiger partial charge in [0.15, 0.2) is 5.82 Å². The van der Waals surface area contributed by atoms with Gasteiger partial charge in [-0.15, -0.1) is 0 Å². The molecule has 2 aliphatic heterocycles. The highest BCUT2D eigenvalue weighted by Crippen LogP contribution is 2.35. The van der Waals surface area contributed by atoms with Crippen LogP contribution < -0.4 is 24.6 Å². The topological polar surface area (TPSA) is 143 Å². The van der Waals surface area contributed by atoms with Crippen molar-refractivity contribution >= 4 is 62.1 Å². The van der Waals surface area contributed by atoms with Crippen molar-refractivity contribution < 1.29 is 23.1 Å². The second-order valence-electron chi connectivity index (χ2n) is 12.2. The van der Waals surface area contributed by atoms with Crippen LogP contribution in [0.3, 0.4) is 0 Å². The zero-order valence-corrected chi connectivity index (χ0v) is 29.3. The van der Waals surface area contributed by atoms with E-state index >= 15 is 0 Å². The number of nitrogens with zero attached hydrogens (tertiary/aromatic N) is 6. The molecule has 3 N–H and O–H groups in total. The number of hydrogen-bond acceptors (Lipinski definition) is 11. The van der Waals surface area contributed by atoms with Gasteiger partial charge in [0.2, 0.25) is 16.0 Å². The number of rotatable bonds is 14. The van der Waals surface area contributed by atoms with E-state index < -0.39 is 16.0 Å². The number of aliphatic carboxylic acids is 1. The number of piperazine rings is 1. The van der Waals surface area contributed by atoms with Crippen LogP contribution in [0, 0.1) is 0 Å². The molecule has 0 amide bonds. The first-order chi connectivity index (χ1) is 23.0. The van der Waals surface area contributed by atoms with E-state index in [1.165, 1.54) is 17.5 Å². The van der Waals surface area contributed by atoms with Crippen molar-refractivity contribution in [3.05, 3.63) is 53.7 Å². The number of nitrogens with one attached hydrogen (secondary N) is 2. The van der Waals surface area contributed by atoms with Gasteiger partial charge in [0.1, 0.15) is 10.8 Å². The lowest BCUT2D eigenvalue weighted by Crippen LogP contribution is -2.53. The van der Waals surface area contributed by atoms with Crippen molar-refractivity contribution in [3.63, 3.8) is 0 Å². The van der Waals surface area contributed by atoms with Crippen molar-refractivity contribution in [2.45, 2.75) is 38.1 Å². The first-order valence-electron chi connectivity index (χ1n) is 16.2. The Morgan fingerprint density at radius 1 is 1.04 bits per heavy atom. The van der Waals surface area contributed by atoms with E-state index in [9.17, 15) is 13.2 Å². The van der Waals surface area contributed by atoms with Gasteiger partial charge >= 0.3 is 5.97 Å². The normalized spacial score (nSPS) is 16.5. The maximum absolute atomic E-state index is 12.2. The van der Waals surface area contributed by atoms with Crippen LogP contribution in [-0.4, -0.2) is 112 Å². The third kappa shape index (κ3) is 9.19. The number of methoxy groups -OCH3 is 1. The van der Waals surface area contributed by atoms with E-state index in [2.05, 4.69) is 41.4 Å². The van der Waals surface area contributed by atoms with Crippen molar-refractivity contribution in [2.75, 3.05) is 86.1 Å². The first kappa shape index (κ1) is 35.5. The summed E-state index contributed by atoms with van der Waals surface area (Å²) < 4.78 is 31.3. The number of carboxylic acids is 1. The molecule has 1 aromatic heterocycles. The summed E-state index contributed by atoms with van der Waals surface area (Å²) in [6.45, 7) is 7.11. The average molecular weight is 701 g/mol. The second-order valence-corrected chi connectivity index (χ2v) is 14.6. The first-order valence-corrected chi connectivity index (χ1v) is 18.4. The fourth-order valence-electron chi connectivity index (χ4n) is 6.23. The van der Waals surface area contributed by atoms with Crippen LogP contribution in [0.1, 0.15) is 32.1 Å². The van der Waals surface area contributed by atoms with E-state index in [0.29, 0.717) is 40.6 Å². The third-order valence-corrected chi connectivity index (χ3v) is 10.5. The molecule has 0 aliphatic carbocycles. The third-order valence-electron chi connectivity index (χ3n) is 9.04. The lowest BCUT2D eigenvalue weighted by molar-refractivity contribution is -0.137. The number of halogens is 1. The summed E-state index contributed by atoms with van der Waals surface area (Å²) in [5, 5.41) is 15.5. The standard InChI is InChI=1S/C33H45ClN8O5S/c1-39(48(3,45)46)29-9-5-4-8-27(29)36-32-26(34)23-35-33(38-32)37-28-12-11-25(22-30(28)47-2)41-16-13-24(14-17-41)42-20-18-40(19-21-42)15-7-6-10-31(43)44/h4-5,8-9,11-12,22-24H,6-7,10,13-21H2,1-3H3,(H,43,44)(H2,35,36,37,38). The number of aromatic nitrogens is 2. The maximum atomic E-state index is 12.2. The van der Waals surface area contributed by atoms with E-state index in [4.69, 9.17) is 21.4 Å². The molecule has 3 aromatic rings. The Morgan fingerprint density at radius 2 is 1.77 bits per heavy atom. The molecule has 15 heteroatoms. The van der Waals surface area contributed by atoms with E-state index in [1.807, 2.05) is 12.1 Å². The zero-order chi connectivity index (χ0) is 34.3. The average Bonchev–Trinajstić information content (AvgIpc) is 3.08. The molecule has 0 saturated carbocycles. The molecule has 0 unspecified atom stereocenters. The number of para-hydroxylation sites is 2. The lowest BCUT2D eigenvalue weighted by Gasteiger charge is -2.43. The lowest BCUT2D eigenvalue weighted by atomic mass is 10.0. The molecular weight excluding hydrogens is 656 g/mol. The largest absolute Gasteiger partial charge is 0.494 e. The van der Waals surface area contributed by atoms with E-state index in [0.717, 1.165) is 83.4 Å². The van der Waals surface area contributed by atoms with Gasteiger partial charge in [-0.25, -0.2) is 13.4 Å². The van der Waals surface area contributed by atoms with Gasteiger partial charge in [0.25, 0.3) is 0 Å². The number of unbranched alkanes of at least 4 members (excludes halogenated alkanes) is 1. The van der Waals surface area contributed by atoms with Gasteiger partial charge in [-0.3, -0.25) is 14.0 Å². The predicted molar refractivity (Wildman–Crippen MR) is 191 cm³/mol. The van der Waals surface area contributed by atoms with Crippen LogP contribution in [0.2, 0.25) is 5.02 Å². The Kier molecular flexibility index (Phi) is 11.8. The summed E-state index contributed by atoms with van der Waals surface area (Å²) in [6, 6.07) is 13.6. The van der Waals surface area contributed by atoms with E-state index in [1.54, 1.807) is 31.4 Å². The molecule has 2 aliphatic rings. The Balaban J connectivity index is 1.17. The molecule has 2 aromatic carbocycles. The second kappa shape index (κ2) is 16.0.